The number of aromatic nitrogens is 1. The predicted molar refractivity (Wildman–Crippen MR) is 128 cm³/mol. The van der Waals surface area contributed by atoms with E-state index >= 15 is 0 Å². The van der Waals surface area contributed by atoms with Crippen molar-refractivity contribution in [1.82, 2.24) is 14.8 Å². The molecule has 0 bridgehead atoms. The molecule has 2 aliphatic rings. The molecule has 1 fully saturated rings. The summed E-state index contributed by atoms with van der Waals surface area (Å²) < 4.78 is 11.6. The summed E-state index contributed by atoms with van der Waals surface area (Å²) in [6, 6.07) is 12.2. The SMILES string of the molecule is COc1ccc2nc(N(CCN3CCOCC3)C(=O)CN3C(=O)c4ccccc4C3=O)sc2c1. The van der Waals surface area contributed by atoms with Crippen LogP contribution in [0.15, 0.2) is 42.5 Å². The second-order valence-corrected chi connectivity index (χ2v) is 9.08. The van der Waals surface area contributed by atoms with Crippen LogP contribution in [0.3, 0.4) is 0 Å². The molecule has 3 heterocycles. The van der Waals surface area contributed by atoms with Crippen LogP contribution in [0.4, 0.5) is 5.13 Å². The van der Waals surface area contributed by atoms with Crippen molar-refractivity contribution in [3.63, 3.8) is 0 Å². The summed E-state index contributed by atoms with van der Waals surface area (Å²) in [6.07, 6.45) is 0. The van der Waals surface area contributed by atoms with Gasteiger partial charge in [0.25, 0.3) is 11.8 Å². The summed E-state index contributed by atoms with van der Waals surface area (Å²) >= 11 is 1.38. The average molecular weight is 481 g/mol. The van der Waals surface area contributed by atoms with Crippen molar-refractivity contribution < 1.29 is 23.9 Å². The maximum absolute atomic E-state index is 13.5. The van der Waals surface area contributed by atoms with E-state index in [0.29, 0.717) is 48.3 Å². The first-order chi connectivity index (χ1) is 16.5. The van der Waals surface area contributed by atoms with Crippen LogP contribution >= 0.6 is 11.3 Å². The number of rotatable bonds is 7. The highest BCUT2D eigenvalue weighted by Gasteiger charge is 2.37. The van der Waals surface area contributed by atoms with E-state index in [9.17, 15) is 14.4 Å². The van der Waals surface area contributed by atoms with Crippen molar-refractivity contribution in [3.05, 3.63) is 53.6 Å². The first-order valence-electron chi connectivity index (χ1n) is 11.1. The quantitative estimate of drug-likeness (QED) is 0.479. The maximum atomic E-state index is 13.5. The average Bonchev–Trinajstić information content (AvgIpc) is 3.39. The first kappa shape index (κ1) is 22.5. The summed E-state index contributed by atoms with van der Waals surface area (Å²) in [4.78, 5) is 48.6. The lowest BCUT2D eigenvalue weighted by atomic mass is 10.1. The molecule has 3 aromatic rings. The summed E-state index contributed by atoms with van der Waals surface area (Å²) in [5, 5.41) is 0.526. The van der Waals surface area contributed by atoms with Crippen molar-refractivity contribution in [2.24, 2.45) is 0 Å². The summed E-state index contributed by atoms with van der Waals surface area (Å²) in [6.45, 7) is 3.58. The molecule has 10 heteroatoms. The van der Waals surface area contributed by atoms with Gasteiger partial charge in [-0.15, -0.1) is 0 Å². The predicted octanol–water partition coefficient (Wildman–Crippen LogP) is 2.27. The number of nitrogens with zero attached hydrogens (tertiary/aromatic N) is 4. The lowest BCUT2D eigenvalue weighted by Gasteiger charge is -2.29. The molecule has 0 atom stereocenters. The van der Waals surface area contributed by atoms with Crippen LogP contribution in [-0.2, 0) is 9.53 Å². The number of fused-ring (bicyclic) bond motifs is 2. The number of methoxy groups -OCH3 is 1. The Balaban J connectivity index is 1.40. The number of carbonyl (C=O) groups is 3. The zero-order valence-corrected chi connectivity index (χ0v) is 19.5. The molecule has 2 aliphatic heterocycles. The highest BCUT2D eigenvalue weighted by atomic mass is 32.1. The summed E-state index contributed by atoms with van der Waals surface area (Å²) in [7, 11) is 1.60. The van der Waals surface area contributed by atoms with Gasteiger partial charge >= 0.3 is 0 Å². The smallest absolute Gasteiger partial charge is 0.262 e. The van der Waals surface area contributed by atoms with E-state index in [1.54, 1.807) is 36.3 Å². The number of hydrogen-bond acceptors (Lipinski definition) is 8. The third kappa shape index (κ3) is 4.27. The van der Waals surface area contributed by atoms with Crippen molar-refractivity contribution in [3.8, 4) is 5.75 Å². The molecule has 9 nitrogen and oxygen atoms in total. The number of benzene rings is 2. The second kappa shape index (κ2) is 9.49. The van der Waals surface area contributed by atoms with Crippen molar-refractivity contribution in [2.75, 3.05) is 57.9 Å². The lowest BCUT2D eigenvalue weighted by molar-refractivity contribution is -0.119. The fraction of sp³-hybridized carbons (Fsp3) is 0.333. The van der Waals surface area contributed by atoms with Crippen LogP contribution < -0.4 is 9.64 Å². The number of thiazole rings is 1. The second-order valence-electron chi connectivity index (χ2n) is 8.07. The topological polar surface area (TPSA) is 92.3 Å². The number of imide groups is 1. The van der Waals surface area contributed by atoms with Crippen molar-refractivity contribution in [1.29, 1.82) is 0 Å². The van der Waals surface area contributed by atoms with Crippen LogP contribution in [0, 0.1) is 0 Å². The molecule has 3 amide bonds. The maximum Gasteiger partial charge on any atom is 0.262 e. The third-order valence-electron chi connectivity index (χ3n) is 6.03. The van der Waals surface area contributed by atoms with E-state index < -0.39 is 11.8 Å². The summed E-state index contributed by atoms with van der Waals surface area (Å²) in [5.74, 6) is -0.541. The number of ether oxygens (including phenoxy) is 2. The molecule has 0 unspecified atom stereocenters. The molecule has 0 aliphatic carbocycles. The fourth-order valence-electron chi connectivity index (χ4n) is 4.13. The molecule has 34 heavy (non-hydrogen) atoms. The number of anilines is 1. The number of hydrogen-bond donors (Lipinski definition) is 0. The number of morpholine rings is 1. The van der Waals surface area contributed by atoms with Gasteiger partial charge in [-0.2, -0.15) is 0 Å². The van der Waals surface area contributed by atoms with E-state index in [0.717, 1.165) is 28.2 Å². The van der Waals surface area contributed by atoms with Crippen LogP contribution in [0.5, 0.6) is 5.75 Å². The Labute approximate surface area is 200 Å². The standard InChI is InChI=1S/C24H24N4O5S/c1-32-16-6-7-19-20(14-16)34-24(25-19)27(9-8-26-10-12-33-13-11-26)21(29)15-28-22(30)17-4-2-3-5-18(17)23(28)31/h2-7,14H,8-13,15H2,1H3. The van der Waals surface area contributed by atoms with Crippen molar-refractivity contribution >= 4 is 44.4 Å². The Morgan fingerprint density at radius 2 is 1.82 bits per heavy atom. The van der Waals surface area contributed by atoms with Gasteiger partial charge in [0, 0.05) is 26.2 Å². The highest BCUT2D eigenvalue weighted by molar-refractivity contribution is 7.22. The minimum absolute atomic E-state index is 0.326. The third-order valence-corrected chi connectivity index (χ3v) is 7.07. The normalized spacial score (nSPS) is 16.2. The number of carbonyl (C=O) groups excluding carboxylic acids is 3. The Morgan fingerprint density at radius 3 is 2.50 bits per heavy atom. The zero-order chi connectivity index (χ0) is 23.7. The van der Waals surface area contributed by atoms with E-state index in [-0.39, 0.29) is 12.5 Å². The Morgan fingerprint density at radius 1 is 1.12 bits per heavy atom. The fourth-order valence-corrected chi connectivity index (χ4v) is 5.17. The molecule has 1 saturated heterocycles. The largest absolute Gasteiger partial charge is 0.497 e. The summed E-state index contributed by atoms with van der Waals surface area (Å²) in [5.41, 5.74) is 1.41. The van der Waals surface area contributed by atoms with Crippen LogP contribution in [0.25, 0.3) is 10.2 Å². The molecule has 0 radical (unpaired) electrons. The zero-order valence-electron chi connectivity index (χ0n) is 18.7. The van der Waals surface area contributed by atoms with Crippen LogP contribution in [0.2, 0.25) is 0 Å². The first-order valence-corrected chi connectivity index (χ1v) is 11.9. The van der Waals surface area contributed by atoms with E-state index in [4.69, 9.17) is 9.47 Å². The Kier molecular flexibility index (Phi) is 6.27. The monoisotopic (exact) mass is 480 g/mol. The molecular formula is C24H24N4O5S. The van der Waals surface area contributed by atoms with E-state index in [1.165, 1.54) is 11.3 Å². The van der Waals surface area contributed by atoms with Gasteiger partial charge in [-0.25, -0.2) is 4.98 Å². The Bertz CT molecular complexity index is 1220. The van der Waals surface area contributed by atoms with Gasteiger partial charge in [0.15, 0.2) is 5.13 Å². The highest BCUT2D eigenvalue weighted by Crippen LogP contribution is 2.32. The van der Waals surface area contributed by atoms with Gasteiger partial charge in [0.2, 0.25) is 5.91 Å². The minimum Gasteiger partial charge on any atom is -0.497 e. The van der Waals surface area contributed by atoms with Crippen LogP contribution in [-0.4, -0.2) is 85.6 Å². The molecule has 0 spiro atoms. The minimum atomic E-state index is -0.448. The van der Waals surface area contributed by atoms with Gasteiger partial charge in [0.1, 0.15) is 12.3 Å². The molecule has 176 valence electrons. The number of amides is 3. The Hall–Kier alpha value is -3.34. The molecule has 1 aromatic heterocycles. The molecular weight excluding hydrogens is 456 g/mol. The van der Waals surface area contributed by atoms with Gasteiger partial charge in [-0.3, -0.25) is 29.1 Å². The van der Waals surface area contributed by atoms with Crippen molar-refractivity contribution in [2.45, 2.75) is 0 Å². The van der Waals surface area contributed by atoms with E-state index in [2.05, 4.69) is 9.88 Å². The van der Waals surface area contributed by atoms with Crippen LogP contribution in [0.1, 0.15) is 20.7 Å². The molecule has 5 rings (SSSR count). The van der Waals surface area contributed by atoms with E-state index in [1.807, 2.05) is 18.2 Å². The molecule has 0 saturated carbocycles. The van der Waals surface area contributed by atoms with Gasteiger partial charge in [0.05, 0.1) is 41.7 Å². The van der Waals surface area contributed by atoms with Gasteiger partial charge < -0.3 is 9.47 Å². The molecule has 0 N–H and O–H groups in total. The lowest BCUT2D eigenvalue weighted by Crippen LogP contribution is -2.47. The van der Waals surface area contributed by atoms with Gasteiger partial charge in [-0.1, -0.05) is 23.5 Å². The van der Waals surface area contributed by atoms with Gasteiger partial charge in [-0.05, 0) is 30.3 Å². The molecule has 2 aromatic carbocycles.